The molecule has 2 saturated heterocycles. The van der Waals surface area contributed by atoms with Gasteiger partial charge in [-0.25, -0.2) is 14.4 Å². The van der Waals surface area contributed by atoms with Crippen LogP contribution in [-0.2, 0) is 86.5 Å². The number of carboxylic acids is 1. The molecule has 3 unspecified atom stereocenters. The van der Waals surface area contributed by atoms with Crippen molar-refractivity contribution < 1.29 is 125 Å². The minimum atomic E-state index is -4.97. The molecule has 12 N–H and O–H groups in total. The van der Waals surface area contributed by atoms with Gasteiger partial charge in [-0.15, -0.1) is 0 Å². The number of nitrogens with zero attached hydrogens (tertiary/aromatic N) is 4. The van der Waals surface area contributed by atoms with Gasteiger partial charge in [0, 0.05) is 64.5 Å². The van der Waals surface area contributed by atoms with E-state index in [0.717, 1.165) is 45.6 Å². The Morgan fingerprint density at radius 2 is 1.08 bits per heavy atom. The van der Waals surface area contributed by atoms with Gasteiger partial charge in [0.25, 0.3) is 13.1 Å². The third kappa shape index (κ3) is 55.1. The number of ether oxygens (including phenoxy) is 4. The van der Waals surface area contributed by atoms with E-state index in [1.807, 2.05) is 126 Å². The molecular formula is C82H137F6N10O20+. The SMILES string of the molecule is C.C.C.C#[N+]Cc1ccccc1.CC.CC(C)CCC=O.CC[C@@H](C)C(=O)N[C@H]1CO[C@H]2CCC(C(=O)NCc3ccccc3)N2C1=O.COC(C)CCC(CC(=O)[C@H](CO)NC(=O)[C@H](C)N(C)C(=O)OC(C)(C)C)C(=O)NCc1ccccc1.C[C@@H](C(=O)N[C@@H](CO)C(=O)O)N(C)C(=O)OC(C)(C)C.N.OCC(F)(F)F.[2H]C(=O)C(F)(F)F. The molecule has 0 aromatic heterocycles. The number of carboxylic acid groups (broad SMARTS) is 1. The Hall–Kier alpha value is -9.67. The monoisotopic (exact) mass is 1700 g/mol. The predicted octanol–water partition coefficient (Wildman–Crippen LogP) is 11.6. The zero-order valence-corrected chi connectivity index (χ0v) is 69.4. The van der Waals surface area contributed by atoms with E-state index in [2.05, 4.69) is 45.3 Å². The topological polar surface area (TPSA) is 432 Å². The molecule has 0 spiro atoms. The first kappa shape index (κ1) is 119. The zero-order valence-electron chi connectivity index (χ0n) is 70.4. The lowest BCUT2D eigenvalue weighted by molar-refractivity contribution is -0.167. The number of alkyl halides is 6. The van der Waals surface area contributed by atoms with Crippen LogP contribution in [0.15, 0.2) is 91.0 Å². The quantitative estimate of drug-likeness (QED) is 0.0228. The first-order chi connectivity index (χ1) is 53.5. The number of ketones is 1. The second kappa shape index (κ2) is 64.3. The number of aliphatic hydroxyl groups excluding tert-OH is 3. The number of aliphatic carboxylic acids is 1. The molecule has 8 amide bonds. The van der Waals surface area contributed by atoms with Crippen LogP contribution in [0.3, 0.4) is 0 Å². The van der Waals surface area contributed by atoms with Crippen LogP contribution in [0.25, 0.3) is 4.85 Å². The fraction of sp³-hybridized carbons (Fsp3) is 0.622. The van der Waals surface area contributed by atoms with Crippen molar-refractivity contribution in [1.82, 2.24) is 47.4 Å². The summed E-state index contributed by atoms with van der Waals surface area (Å²) in [6.07, 6.45) is -8.37. The van der Waals surface area contributed by atoms with Crippen molar-refractivity contribution in [2.45, 2.75) is 269 Å². The van der Waals surface area contributed by atoms with E-state index in [1.165, 1.54) is 32.8 Å². The fourth-order valence-corrected chi connectivity index (χ4v) is 9.08. The number of rotatable bonds is 29. The average Bonchev–Trinajstić information content (AvgIpc) is 1.64. The summed E-state index contributed by atoms with van der Waals surface area (Å²) in [5.74, 6) is -4.19. The lowest BCUT2D eigenvalue weighted by Gasteiger charge is -2.37. The summed E-state index contributed by atoms with van der Waals surface area (Å²) >= 11 is 0. The maximum Gasteiger partial charge on any atom is 0.446 e. The van der Waals surface area contributed by atoms with Crippen LogP contribution in [0.2, 0.25) is 0 Å². The molecular weight excluding hydrogens is 1560 g/mol. The zero-order chi connectivity index (χ0) is 89.2. The molecule has 36 heteroatoms. The molecule has 5 rings (SSSR count). The van der Waals surface area contributed by atoms with Gasteiger partial charge in [0.05, 0.1) is 25.9 Å². The van der Waals surface area contributed by atoms with Gasteiger partial charge in [0.1, 0.15) is 67.9 Å². The molecule has 2 aliphatic heterocycles. The molecule has 118 heavy (non-hydrogen) atoms. The molecule has 30 nitrogen and oxygen atoms in total. The van der Waals surface area contributed by atoms with Gasteiger partial charge in [0.2, 0.25) is 41.7 Å². The first-order valence-corrected chi connectivity index (χ1v) is 37.0. The summed E-state index contributed by atoms with van der Waals surface area (Å²) in [6.45, 7) is 30.4. The maximum absolute atomic E-state index is 13.0. The highest BCUT2D eigenvalue weighted by molar-refractivity contribution is 5.95. The molecule has 0 radical (unpaired) electrons. The third-order valence-corrected chi connectivity index (χ3v) is 16.0. The van der Waals surface area contributed by atoms with Crippen LogP contribution in [0.1, 0.15) is 196 Å². The number of methoxy groups -OCH3 is 1. The molecule has 676 valence electrons. The predicted molar refractivity (Wildman–Crippen MR) is 439 cm³/mol. The molecule has 0 saturated carbocycles. The van der Waals surface area contributed by atoms with E-state index in [9.17, 15) is 84.2 Å². The van der Waals surface area contributed by atoms with Gasteiger partial charge in [-0.1, -0.05) is 160 Å². The van der Waals surface area contributed by atoms with Crippen molar-refractivity contribution in [3.63, 3.8) is 0 Å². The van der Waals surface area contributed by atoms with Crippen molar-refractivity contribution in [2.75, 3.05) is 47.6 Å². The number of hydrogen-bond donors (Lipinski definition) is 10. The second-order valence-electron chi connectivity index (χ2n) is 28.1. The number of nitrogens with one attached hydrogen (secondary N) is 5. The first-order valence-electron chi connectivity index (χ1n) is 37.5. The number of fused-ring (bicyclic) bond motifs is 1. The highest BCUT2D eigenvalue weighted by Gasteiger charge is 2.47. The van der Waals surface area contributed by atoms with Gasteiger partial charge in [-0.05, 0) is 118 Å². The number of Topliss-reactive ketones (excluding diaryl/α,β-unsaturated/α-hetero) is 1. The van der Waals surface area contributed by atoms with Crippen molar-refractivity contribution in [2.24, 2.45) is 17.8 Å². The number of amides is 8. The summed E-state index contributed by atoms with van der Waals surface area (Å²) in [4.78, 5) is 149. The highest BCUT2D eigenvalue weighted by Crippen LogP contribution is 2.30. The molecule has 2 aliphatic rings. The number of aldehydes is 2. The Balaban J connectivity index is -0.000000269. The van der Waals surface area contributed by atoms with E-state index < -0.39 is 128 Å². The largest absolute Gasteiger partial charge is 0.480 e. The minimum absolute atomic E-state index is 0. The molecule has 3 aromatic carbocycles. The maximum atomic E-state index is 13.0. The molecule has 10 atom stereocenters. The van der Waals surface area contributed by atoms with E-state index in [-0.39, 0.29) is 83.3 Å². The van der Waals surface area contributed by atoms with E-state index in [1.54, 1.807) is 48.7 Å². The number of hydrogen-bond acceptors (Lipinski definition) is 20. The highest BCUT2D eigenvalue weighted by atomic mass is 19.4. The van der Waals surface area contributed by atoms with Crippen LogP contribution >= 0.6 is 0 Å². The summed E-state index contributed by atoms with van der Waals surface area (Å²) < 4.78 is 90.4. The Morgan fingerprint density at radius 3 is 1.43 bits per heavy atom. The lowest BCUT2D eigenvalue weighted by atomic mass is 9.92. The van der Waals surface area contributed by atoms with Gasteiger partial charge >= 0.3 is 30.5 Å². The lowest BCUT2D eigenvalue weighted by Crippen LogP contribution is -2.61. The number of carbonyl (C=O) groups excluding carboxylic acids is 11. The fourth-order valence-electron chi connectivity index (χ4n) is 9.08. The number of aliphatic hydroxyl groups is 3. The standard InChI is InChI=1S/C27H43N3O7.C20H27N3O4.C12H22N2O6.C8H8N.C6H12O.C2H3F3O.C2HF3O.C2H6.3CH4.H3N/c1-18(36-7)13-14-21(25(34)28-16-20-11-9-8-10-12-20)15-23(32)22(17-31)29-24(33)19(2)30(6)26(35)37-27(3,4)5;1-3-13(2)18(24)22-15-12-27-17-10-9-16(23(17)20(15)26)19(25)21-11-14-7-5-4-6-8-14;1-7(9(16)13-8(6-15)10(17)18)14(5)11(19)20-12(2,3)4;1-9-7-8-5-3-2-4-6-8;1-6(2)4-3-5-7;2*3-2(4,5)1-6;1-2;;;;/h8-12,18-19,21-22,31H,13-17H2,1-7H3,(H,28,34)(H,29,33);4-8,13,15-17H,3,9-12H2,1-2H3,(H,21,25)(H,22,24);7-8,15H,6H2,1-5H3,(H,13,16)(H,17,18);1-6H,7H2;5-6H,3-4H2,1-2H3;6H,1H2;1H;1-2H3;3*1H4;1H3/q;;;+1;;;;;;;;/t18?,19-,21?,22-;13-,15+,16?,17+;7-,8-;;;;;;;;;/m010........./s1/i;;;;;;1D;;;;;. The van der Waals surface area contributed by atoms with Crippen LogP contribution in [0.5, 0.6) is 0 Å². The van der Waals surface area contributed by atoms with Crippen LogP contribution < -0.4 is 32.7 Å². The van der Waals surface area contributed by atoms with Crippen molar-refractivity contribution >= 4 is 71.9 Å². The molecule has 0 bridgehead atoms. The number of carbonyl (C=O) groups is 12. The smallest absolute Gasteiger partial charge is 0.446 e. The Morgan fingerprint density at radius 1 is 0.669 bits per heavy atom. The molecule has 0 aliphatic carbocycles. The Kier molecular flexibility index (Phi) is 65.0. The summed E-state index contributed by atoms with van der Waals surface area (Å²) in [7, 11) is 4.36. The van der Waals surface area contributed by atoms with Gasteiger partial charge < -0.3 is 81.8 Å². The second-order valence-corrected chi connectivity index (χ2v) is 28.1. The molecule has 2 fully saturated rings. The summed E-state index contributed by atoms with van der Waals surface area (Å²) in [6, 6.07) is 23.1. The number of halogens is 6. The Labute approximate surface area is 695 Å². The van der Waals surface area contributed by atoms with E-state index in [4.69, 9.17) is 47.0 Å². The summed E-state index contributed by atoms with van der Waals surface area (Å²) in [5.41, 5.74) is 1.65. The van der Waals surface area contributed by atoms with Crippen LogP contribution in [-0.4, -0.2) is 227 Å². The van der Waals surface area contributed by atoms with E-state index >= 15 is 0 Å². The number of benzene rings is 3. The van der Waals surface area contributed by atoms with Crippen LogP contribution in [0, 0.1) is 24.3 Å². The van der Waals surface area contributed by atoms with Crippen molar-refractivity contribution in [1.29, 1.82) is 0 Å². The molecule has 3 aromatic rings. The van der Waals surface area contributed by atoms with Crippen molar-refractivity contribution in [3.8, 4) is 6.57 Å². The normalized spacial score (nSPS) is 15.4. The summed E-state index contributed by atoms with van der Waals surface area (Å²) in [5, 5.41) is 47.8. The third-order valence-electron chi connectivity index (χ3n) is 16.0. The van der Waals surface area contributed by atoms with Gasteiger partial charge in [0.15, 0.2) is 5.78 Å². The average molecular weight is 1700 g/mol. The molecule has 2 heterocycles. The minimum Gasteiger partial charge on any atom is -0.480 e. The van der Waals surface area contributed by atoms with Gasteiger partial charge in [-0.3, -0.25) is 48.2 Å². The van der Waals surface area contributed by atoms with Crippen LogP contribution in [0.4, 0.5) is 35.9 Å². The Bertz CT molecular complexity index is 3430. The van der Waals surface area contributed by atoms with Gasteiger partial charge in [-0.2, -0.15) is 26.3 Å². The number of likely N-dealkylation sites (N-methyl/N-ethyl adjacent to an activating group) is 2. The van der Waals surface area contributed by atoms with Crippen molar-refractivity contribution in [3.05, 3.63) is 113 Å². The van der Waals surface area contributed by atoms with E-state index in [0.29, 0.717) is 57.7 Å².